The maximum atomic E-state index is 12.2. The van der Waals surface area contributed by atoms with Crippen LogP contribution in [0, 0.1) is 13.8 Å². The van der Waals surface area contributed by atoms with Gasteiger partial charge >= 0.3 is 0 Å². The number of hydrogen-bond acceptors (Lipinski definition) is 4. The number of aliphatic hydroxyl groups is 1. The number of para-hydroxylation sites is 1. The summed E-state index contributed by atoms with van der Waals surface area (Å²) in [6.07, 6.45) is 0. The highest BCUT2D eigenvalue weighted by molar-refractivity contribution is 5.91. The molecule has 0 saturated carbocycles. The van der Waals surface area contributed by atoms with E-state index in [1.54, 1.807) is 4.68 Å². The summed E-state index contributed by atoms with van der Waals surface area (Å²) in [4.78, 5) is 16.6. The summed E-state index contributed by atoms with van der Waals surface area (Å²) in [6, 6.07) is 15.7. The number of aryl methyl sites for hydroxylation is 2. The van der Waals surface area contributed by atoms with Crippen molar-refractivity contribution in [3.8, 4) is 17.1 Å². The molecule has 128 valence electrons. The Morgan fingerprint density at radius 3 is 2.52 bits per heavy atom. The van der Waals surface area contributed by atoms with Crippen LogP contribution in [0.4, 0.5) is 0 Å². The number of rotatable bonds is 5. The molecule has 0 aliphatic rings. The number of hydrogen-bond donors (Lipinski definition) is 2. The standard InChI is InChI=1S/C19H20N4O2/c1-13-7-9-15(10-8-13)18-21-17(19(25)20-11-12-24)22-23(18)16-6-4-3-5-14(16)2/h3-10,24H,11-12H2,1-2H3,(H,20,25). The van der Waals surface area contributed by atoms with E-state index in [4.69, 9.17) is 5.11 Å². The van der Waals surface area contributed by atoms with Gasteiger partial charge in [0.1, 0.15) is 0 Å². The minimum absolute atomic E-state index is 0.0762. The van der Waals surface area contributed by atoms with Gasteiger partial charge in [0.25, 0.3) is 5.91 Å². The summed E-state index contributed by atoms with van der Waals surface area (Å²) in [5.41, 5.74) is 3.92. The van der Waals surface area contributed by atoms with E-state index in [0.29, 0.717) is 5.82 Å². The molecular formula is C19H20N4O2. The molecule has 6 heteroatoms. The quantitative estimate of drug-likeness (QED) is 0.749. The Morgan fingerprint density at radius 1 is 1.12 bits per heavy atom. The van der Waals surface area contributed by atoms with E-state index < -0.39 is 5.91 Å². The Morgan fingerprint density at radius 2 is 1.84 bits per heavy atom. The van der Waals surface area contributed by atoms with Crippen LogP contribution in [0.25, 0.3) is 17.1 Å². The number of aromatic nitrogens is 3. The van der Waals surface area contributed by atoms with Gasteiger partial charge in [-0.15, -0.1) is 5.10 Å². The third-order valence-electron chi connectivity index (χ3n) is 3.86. The van der Waals surface area contributed by atoms with Crippen molar-refractivity contribution in [3.05, 3.63) is 65.5 Å². The molecule has 0 bridgehead atoms. The molecule has 0 radical (unpaired) electrons. The van der Waals surface area contributed by atoms with Crippen LogP contribution in [0.15, 0.2) is 48.5 Å². The number of carbonyl (C=O) groups is 1. The number of aliphatic hydroxyl groups excluding tert-OH is 1. The van der Waals surface area contributed by atoms with Crippen LogP contribution >= 0.6 is 0 Å². The molecule has 1 aromatic heterocycles. The Labute approximate surface area is 146 Å². The van der Waals surface area contributed by atoms with Crippen molar-refractivity contribution >= 4 is 5.91 Å². The predicted molar refractivity (Wildman–Crippen MR) is 95.7 cm³/mol. The molecule has 0 saturated heterocycles. The van der Waals surface area contributed by atoms with Crippen LogP contribution in [-0.2, 0) is 0 Å². The Hall–Kier alpha value is -2.99. The molecule has 0 atom stereocenters. The van der Waals surface area contributed by atoms with Crippen LogP contribution in [0.5, 0.6) is 0 Å². The van der Waals surface area contributed by atoms with E-state index in [1.807, 2.05) is 62.4 Å². The molecule has 0 aliphatic heterocycles. The summed E-state index contributed by atoms with van der Waals surface area (Å²) in [7, 11) is 0. The normalized spacial score (nSPS) is 10.7. The average Bonchev–Trinajstić information content (AvgIpc) is 3.06. The fourth-order valence-corrected chi connectivity index (χ4v) is 2.52. The summed E-state index contributed by atoms with van der Waals surface area (Å²) < 4.78 is 1.69. The molecule has 25 heavy (non-hydrogen) atoms. The summed E-state index contributed by atoms with van der Waals surface area (Å²) in [6.45, 7) is 4.04. The minimum Gasteiger partial charge on any atom is -0.395 e. The molecule has 0 spiro atoms. The first-order valence-corrected chi connectivity index (χ1v) is 8.09. The first-order valence-electron chi connectivity index (χ1n) is 8.09. The lowest BCUT2D eigenvalue weighted by Crippen LogP contribution is -2.27. The maximum absolute atomic E-state index is 12.2. The van der Waals surface area contributed by atoms with E-state index in [1.165, 1.54) is 0 Å². The largest absolute Gasteiger partial charge is 0.395 e. The van der Waals surface area contributed by atoms with Crippen molar-refractivity contribution in [2.75, 3.05) is 13.2 Å². The molecule has 3 aromatic rings. The highest BCUT2D eigenvalue weighted by Crippen LogP contribution is 2.23. The zero-order chi connectivity index (χ0) is 17.8. The van der Waals surface area contributed by atoms with Gasteiger partial charge in [-0.2, -0.15) is 0 Å². The highest BCUT2D eigenvalue weighted by atomic mass is 16.3. The molecular weight excluding hydrogens is 316 g/mol. The number of nitrogens with one attached hydrogen (secondary N) is 1. The van der Waals surface area contributed by atoms with Gasteiger partial charge in [0, 0.05) is 12.1 Å². The smallest absolute Gasteiger partial charge is 0.291 e. The summed E-state index contributed by atoms with van der Waals surface area (Å²) in [5.74, 6) is 0.269. The first-order chi connectivity index (χ1) is 12.1. The highest BCUT2D eigenvalue weighted by Gasteiger charge is 2.19. The Bertz CT molecular complexity index is 885. The lowest BCUT2D eigenvalue weighted by Gasteiger charge is -2.08. The van der Waals surface area contributed by atoms with Crippen LogP contribution in [0.1, 0.15) is 21.7 Å². The topological polar surface area (TPSA) is 80.0 Å². The third kappa shape index (κ3) is 3.59. The number of amides is 1. The molecule has 6 nitrogen and oxygen atoms in total. The second-order valence-corrected chi connectivity index (χ2v) is 5.80. The van der Waals surface area contributed by atoms with Crippen LogP contribution in [-0.4, -0.2) is 38.9 Å². The second-order valence-electron chi connectivity index (χ2n) is 5.80. The number of benzene rings is 2. The van der Waals surface area contributed by atoms with Crippen LogP contribution in [0.2, 0.25) is 0 Å². The molecule has 3 rings (SSSR count). The molecule has 0 aliphatic carbocycles. The van der Waals surface area contributed by atoms with E-state index in [0.717, 1.165) is 22.4 Å². The molecule has 0 unspecified atom stereocenters. The molecule has 1 amide bonds. The second kappa shape index (κ2) is 7.27. The van der Waals surface area contributed by atoms with Crippen molar-refractivity contribution in [2.24, 2.45) is 0 Å². The van der Waals surface area contributed by atoms with E-state index in [9.17, 15) is 4.79 Å². The van der Waals surface area contributed by atoms with E-state index in [2.05, 4.69) is 15.4 Å². The average molecular weight is 336 g/mol. The molecule has 1 heterocycles. The number of carbonyl (C=O) groups excluding carboxylic acids is 1. The van der Waals surface area contributed by atoms with Crippen LogP contribution in [0.3, 0.4) is 0 Å². The Kier molecular flexibility index (Phi) is 4.90. The van der Waals surface area contributed by atoms with E-state index >= 15 is 0 Å². The molecule has 2 N–H and O–H groups in total. The van der Waals surface area contributed by atoms with Gasteiger partial charge in [-0.1, -0.05) is 48.0 Å². The van der Waals surface area contributed by atoms with Crippen molar-refractivity contribution in [1.82, 2.24) is 20.1 Å². The monoisotopic (exact) mass is 336 g/mol. The van der Waals surface area contributed by atoms with Gasteiger partial charge in [-0.05, 0) is 25.5 Å². The van der Waals surface area contributed by atoms with Crippen molar-refractivity contribution in [2.45, 2.75) is 13.8 Å². The number of nitrogens with zero attached hydrogens (tertiary/aromatic N) is 3. The predicted octanol–water partition coefficient (Wildman–Crippen LogP) is 2.27. The fraction of sp³-hybridized carbons (Fsp3) is 0.211. The fourth-order valence-electron chi connectivity index (χ4n) is 2.52. The van der Waals surface area contributed by atoms with Gasteiger partial charge in [0.05, 0.1) is 12.3 Å². The zero-order valence-corrected chi connectivity index (χ0v) is 14.2. The van der Waals surface area contributed by atoms with Gasteiger partial charge in [0.15, 0.2) is 5.82 Å². The summed E-state index contributed by atoms with van der Waals surface area (Å²) >= 11 is 0. The van der Waals surface area contributed by atoms with Gasteiger partial charge in [-0.25, -0.2) is 9.67 Å². The van der Waals surface area contributed by atoms with Crippen molar-refractivity contribution in [1.29, 1.82) is 0 Å². The lowest BCUT2D eigenvalue weighted by atomic mass is 10.1. The van der Waals surface area contributed by atoms with Crippen molar-refractivity contribution < 1.29 is 9.90 Å². The molecule has 2 aromatic carbocycles. The minimum atomic E-state index is -0.408. The van der Waals surface area contributed by atoms with Gasteiger partial charge in [-0.3, -0.25) is 4.79 Å². The zero-order valence-electron chi connectivity index (χ0n) is 14.2. The van der Waals surface area contributed by atoms with Crippen LogP contribution < -0.4 is 5.32 Å². The SMILES string of the molecule is Cc1ccc(-c2nc(C(=O)NCCO)nn2-c2ccccc2C)cc1. The Balaban J connectivity index is 2.11. The van der Waals surface area contributed by atoms with Gasteiger partial charge < -0.3 is 10.4 Å². The first kappa shape index (κ1) is 16.9. The lowest BCUT2D eigenvalue weighted by molar-refractivity contribution is 0.0934. The summed E-state index contributed by atoms with van der Waals surface area (Å²) in [5, 5.41) is 15.9. The van der Waals surface area contributed by atoms with Crippen molar-refractivity contribution in [3.63, 3.8) is 0 Å². The third-order valence-corrected chi connectivity index (χ3v) is 3.86. The maximum Gasteiger partial charge on any atom is 0.291 e. The van der Waals surface area contributed by atoms with E-state index in [-0.39, 0.29) is 19.0 Å². The molecule has 0 fully saturated rings. The van der Waals surface area contributed by atoms with Gasteiger partial charge in [0.2, 0.25) is 5.82 Å².